The molecule has 0 radical (unpaired) electrons. The van der Waals surface area contributed by atoms with Crippen molar-refractivity contribution in [2.24, 2.45) is 0 Å². The molecule has 8 nitrogen and oxygen atoms in total. The molecule has 0 heterocycles. The first-order chi connectivity index (χ1) is 29.6. The van der Waals surface area contributed by atoms with E-state index < -0.39 is 18.1 Å². The summed E-state index contributed by atoms with van der Waals surface area (Å²) < 4.78 is 17.2. The van der Waals surface area contributed by atoms with E-state index in [-0.39, 0.29) is 42.7 Å². The standard InChI is InChI=1S/C53H89NO7/c1-6-8-10-12-14-16-18-20-22-24-26-28-29-31-33-35-37-39-41-43-51(55)60-48-49(47-59-46-45-50(53(57)58)54(3,4)5)61-52(56)44-42-40-38-36-34-32-30-27-25-23-21-19-17-15-13-11-9-7-2/h8,10,14,16,19-23,25-28,30,49-50H,6-7,9,11-13,15,17-18,24,29,31-48H2,1-5H3/b10-8+,16-14+,21-19+,22-20+,25-23+,28-26+,30-27+. The number of allylic oxidation sites excluding steroid dienone is 14. The van der Waals surface area contributed by atoms with Gasteiger partial charge in [-0.05, 0) is 77.0 Å². The van der Waals surface area contributed by atoms with Crippen molar-refractivity contribution in [1.29, 1.82) is 0 Å². The van der Waals surface area contributed by atoms with E-state index >= 15 is 0 Å². The number of carboxylic acids is 1. The number of carboxylic acid groups (broad SMARTS) is 1. The normalized spacial score (nSPS) is 13.7. The van der Waals surface area contributed by atoms with E-state index in [9.17, 15) is 19.5 Å². The maximum atomic E-state index is 12.8. The Hall–Kier alpha value is -3.49. The van der Waals surface area contributed by atoms with Crippen molar-refractivity contribution in [2.45, 2.75) is 193 Å². The average molecular weight is 852 g/mol. The van der Waals surface area contributed by atoms with Gasteiger partial charge in [-0.25, -0.2) is 0 Å². The summed E-state index contributed by atoms with van der Waals surface area (Å²) in [6, 6.07) is -0.737. The molecule has 0 aromatic carbocycles. The summed E-state index contributed by atoms with van der Waals surface area (Å²) in [7, 11) is 5.39. The number of hydrogen-bond donors (Lipinski definition) is 0. The van der Waals surface area contributed by atoms with Crippen LogP contribution < -0.4 is 5.11 Å². The van der Waals surface area contributed by atoms with E-state index in [4.69, 9.17) is 14.2 Å². The molecule has 0 rings (SSSR count). The zero-order valence-electron chi connectivity index (χ0n) is 39.5. The monoisotopic (exact) mass is 852 g/mol. The molecule has 348 valence electrons. The van der Waals surface area contributed by atoms with Crippen molar-refractivity contribution >= 4 is 17.9 Å². The average Bonchev–Trinajstić information content (AvgIpc) is 3.22. The molecule has 2 atom stereocenters. The van der Waals surface area contributed by atoms with Crippen LogP contribution in [0.1, 0.15) is 181 Å². The fourth-order valence-electron chi connectivity index (χ4n) is 6.59. The lowest BCUT2D eigenvalue weighted by Gasteiger charge is -2.34. The Morgan fingerprint density at radius 1 is 0.525 bits per heavy atom. The van der Waals surface area contributed by atoms with Gasteiger partial charge in [0.05, 0.1) is 40.3 Å². The number of carbonyl (C=O) groups excluding carboxylic acids is 3. The highest BCUT2D eigenvalue weighted by atomic mass is 16.6. The first kappa shape index (κ1) is 57.5. The molecule has 0 saturated heterocycles. The van der Waals surface area contributed by atoms with Crippen molar-refractivity contribution in [3.63, 3.8) is 0 Å². The van der Waals surface area contributed by atoms with Crippen LogP contribution in [0, 0.1) is 0 Å². The molecule has 0 fully saturated rings. The summed E-state index contributed by atoms with van der Waals surface area (Å²) in [5.74, 6) is -1.79. The largest absolute Gasteiger partial charge is 0.544 e. The Labute approximate surface area is 373 Å². The van der Waals surface area contributed by atoms with Gasteiger partial charge in [-0.2, -0.15) is 0 Å². The molecule has 0 saturated carbocycles. The van der Waals surface area contributed by atoms with Gasteiger partial charge in [0.1, 0.15) is 12.6 Å². The third-order valence-electron chi connectivity index (χ3n) is 10.3. The molecular formula is C53H89NO7. The minimum atomic E-state index is -1.13. The van der Waals surface area contributed by atoms with Crippen LogP contribution in [0.4, 0.5) is 0 Å². The van der Waals surface area contributed by atoms with Gasteiger partial charge in [0.25, 0.3) is 0 Å². The fourth-order valence-corrected chi connectivity index (χ4v) is 6.59. The number of nitrogens with zero attached hydrogens (tertiary/aromatic N) is 1. The highest BCUT2D eigenvalue weighted by Gasteiger charge is 2.25. The second-order valence-corrected chi connectivity index (χ2v) is 17.0. The minimum Gasteiger partial charge on any atom is -0.544 e. The van der Waals surface area contributed by atoms with Crippen molar-refractivity contribution < 1.29 is 38.2 Å². The summed E-state index contributed by atoms with van der Waals surface area (Å²) in [6.45, 7) is 4.49. The van der Waals surface area contributed by atoms with Gasteiger partial charge >= 0.3 is 11.9 Å². The number of aliphatic carboxylic acids is 1. The molecule has 0 aromatic heterocycles. The van der Waals surface area contributed by atoms with Crippen LogP contribution in [-0.4, -0.2) is 75.5 Å². The third kappa shape index (κ3) is 41.6. The van der Waals surface area contributed by atoms with E-state index in [0.717, 1.165) is 103 Å². The topological polar surface area (TPSA) is 102 Å². The number of carbonyl (C=O) groups is 3. The van der Waals surface area contributed by atoms with Gasteiger partial charge in [-0.3, -0.25) is 9.59 Å². The molecular weight excluding hydrogens is 763 g/mol. The van der Waals surface area contributed by atoms with Crippen LogP contribution in [0.25, 0.3) is 0 Å². The fraction of sp³-hybridized carbons (Fsp3) is 0.679. The lowest BCUT2D eigenvalue weighted by molar-refractivity contribution is -0.889. The Morgan fingerprint density at radius 3 is 1.49 bits per heavy atom. The van der Waals surface area contributed by atoms with Crippen molar-refractivity contribution in [3.05, 3.63) is 85.1 Å². The van der Waals surface area contributed by atoms with E-state index in [1.807, 2.05) is 0 Å². The zero-order valence-corrected chi connectivity index (χ0v) is 39.5. The van der Waals surface area contributed by atoms with Crippen LogP contribution in [0.15, 0.2) is 85.1 Å². The lowest BCUT2D eigenvalue weighted by Crippen LogP contribution is -2.55. The zero-order chi connectivity index (χ0) is 44.9. The lowest BCUT2D eigenvalue weighted by atomic mass is 10.1. The second kappa shape index (κ2) is 43.2. The first-order valence-electron chi connectivity index (χ1n) is 24.1. The molecule has 0 spiro atoms. The maximum absolute atomic E-state index is 12.8. The van der Waals surface area contributed by atoms with E-state index in [2.05, 4.69) is 98.9 Å². The summed E-state index contributed by atoms with van der Waals surface area (Å²) >= 11 is 0. The van der Waals surface area contributed by atoms with Gasteiger partial charge in [0.2, 0.25) is 0 Å². The van der Waals surface area contributed by atoms with Gasteiger partial charge in [-0.15, -0.1) is 0 Å². The van der Waals surface area contributed by atoms with Gasteiger partial charge in [0.15, 0.2) is 6.10 Å². The van der Waals surface area contributed by atoms with Gasteiger partial charge in [0, 0.05) is 19.3 Å². The second-order valence-electron chi connectivity index (χ2n) is 17.0. The molecule has 8 heteroatoms. The summed E-state index contributed by atoms with van der Waals surface area (Å²) in [5.41, 5.74) is 0. The highest BCUT2D eigenvalue weighted by molar-refractivity contribution is 5.70. The molecule has 0 aromatic rings. The van der Waals surface area contributed by atoms with Crippen LogP contribution in [0.5, 0.6) is 0 Å². The predicted octanol–water partition coefficient (Wildman–Crippen LogP) is 12.4. The number of hydrogen-bond acceptors (Lipinski definition) is 7. The quantitative estimate of drug-likeness (QED) is 0.0198. The number of unbranched alkanes of at least 4 members (excludes halogenated alkanes) is 16. The smallest absolute Gasteiger partial charge is 0.306 e. The van der Waals surface area contributed by atoms with Crippen molar-refractivity contribution in [2.75, 3.05) is 41.0 Å². The Morgan fingerprint density at radius 2 is 0.984 bits per heavy atom. The maximum Gasteiger partial charge on any atom is 0.306 e. The van der Waals surface area contributed by atoms with Gasteiger partial charge in [-0.1, -0.05) is 170 Å². The molecule has 61 heavy (non-hydrogen) atoms. The summed E-state index contributed by atoms with van der Waals surface area (Å²) in [4.78, 5) is 37.0. The molecule has 0 aliphatic heterocycles. The molecule has 0 aliphatic rings. The van der Waals surface area contributed by atoms with Crippen LogP contribution in [-0.2, 0) is 28.6 Å². The Kier molecular flexibility index (Phi) is 40.7. The highest BCUT2D eigenvalue weighted by Crippen LogP contribution is 2.13. The molecule has 0 amide bonds. The first-order valence-corrected chi connectivity index (χ1v) is 24.1. The number of ether oxygens (including phenoxy) is 3. The number of rotatable bonds is 42. The third-order valence-corrected chi connectivity index (χ3v) is 10.3. The van der Waals surface area contributed by atoms with Crippen molar-refractivity contribution in [1.82, 2.24) is 0 Å². The van der Waals surface area contributed by atoms with E-state index in [0.29, 0.717) is 12.8 Å². The Balaban J connectivity index is 4.38. The number of quaternary nitrogens is 1. The molecule has 0 bridgehead atoms. The van der Waals surface area contributed by atoms with Crippen LogP contribution in [0.3, 0.4) is 0 Å². The van der Waals surface area contributed by atoms with Crippen LogP contribution in [0.2, 0.25) is 0 Å². The minimum absolute atomic E-state index is 0.0228. The molecule has 2 unspecified atom stereocenters. The summed E-state index contributed by atoms with van der Waals surface area (Å²) in [6.07, 6.45) is 56.0. The predicted molar refractivity (Wildman–Crippen MR) is 254 cm³/mol. The summed E-state index contributed by atoms with van der Waals surface area (Å²) in [5, 5.41) is 11.6. The molecule has 0 aliphatic carbocycles. The Bertz CT molecular complexity index is 1270. The number of likely N-dealkylation sites (N-methyl/N-ethyl adjacent to an activating group) is 1. The van der Waals surface area contributed by atoms with Gasteiger partial charge < -0.3 is 28.6 Å². The number of esters is 2. The molecule has 0 N–H and O–H groups in total. The van der Waals surface area contributed by atoms with E-state index in [1.54, 1.807) is 21.1 Å². The van der Waals surface area contributed by atoms with Crippen LogP contribution >= 0.6 is 0 Å². The van der Waals surface area contributed by atoms with Crippen molar-refractivity contribution in [3.8, 4) is 0 Å². The van der Waals surface area contributed by atoms with E-state index in [1.165, 1.54) is 44.9 Å². The SMILES string of the molecule is CC/C=C/C/C=C/C/C=C/C/C=C/CCCCCCCCC(=O)OCC(COCCC(C(=O)[O-])[N+](C)(C)C)OC(=O)CCCCCCC/C=C/C=C/C=C/CCCCCCC.